The van der Waals surface area contributed by atoms with E-state index >= 15 is 0 Å². The van der Waals surface area contributed by atoms with Crippen molar-refractivity contribution in [2.75, 3.05) is 22.5 Å². The molecule has 3 aromatic rings. The van der Waals surface area contributed by atoms with E-state index in [2.05, 4.69) is 20.7 Å². The summed E-state index contributed by atoms with van der Waals surface area (Å²) in [6.45, 7) is 3.17. The number of hydrogen-bond donors (Lipinski definition) is 1. The Morgan fingerprint density at radius 2 is 2.12 bits per heavy atom. The van der Waals surface area contributed by atoms with Crippen LogP contribution in [0.3, 0.4) is 0 Å². The molecule has 3 heterocycles. The Hall–Kier alpha value is -2.88. The molecule has 1 aromatic carbocycles. The van der Waals surface area contributed by atoms with Gasteiger partial charge in [-0.25, -0.2) is 4.39 Å². The molecule has 0 spiro atoms. The number of nitrogens with one attached hydrogen (secondary N) is 1. The summed E-state index contributed by atoms with van der Waals surface area (Å²) in [6, 6.07) is 7.90. The Bertz CT molecular complexity index is 939. The molecule has 1 aliphatic rings. The van der Waals surface area contributed by atoms with Crippen LogP contribution >= 0.6 is 11.8 Å². The molecule has 0 unspecified atom stereocenters. The van der Waals surface area contributed by atoms with Crippen molar-refractivity contribution in [1.82, 2.24) is 19.9 Å². The molecule has 0 aliphatic carbocycles. The SMILES string of the molecule is Cc1cc(NC(=O)CSc2nnc3n2CCN3c2ccc(F)cc2)no1. The first-order chi connectivity index (χ1) is 12.6. The fraction of sp³-hybridized carbons (Fsp3) is 0.250. The standard InChI is InChI=1S/C16H15FN6O2S/c1-10-8-13(21-25-10)18-14(24)9-26-16-20-19-15-22(6-7-23(15)16)12-4-2-11(17)3-5-12/h2-5,8H,6-7,9H2,1H3,(H,18,21,24). The number of fused-ring (bicyclic) bond motifs is 1. The fourth-order valence-corrected chi connectivity index (χ4v) is 3.44. The quantitative estimate of drug-likeness (QED) is 0.687. The third-order valence-electron chi connectivity index (χ3n) is 3.85. The number of amides is 1. The highest BCUT2D eigenvalue weighted by molar-refractivity contribution is 7.99. The summed E-state index contributed by atoms with van der Waals surface area (Å²) in [5, 5.41) is 15.4. The molecule has 0 fully saturated rings. The zero-order valence-corrected chi connectivity index (χ0v) is 14.7. The van der Waals surface area contributed by atoms with E-state index in [4.69, 9.17) is 4.52 Å². The number of carbonyl (C=O) groups is 1. The summed E-state index contributed by atoms with van der Waals surface area (Å²) in [4.78, 5) is 14.0. The topological polar surface area (TPSA) is 89.1 Å². The Balaban J connectivity index is 1.41. The molecule has 10 heteroatoms. The number of anilines is 3. The van der Waals surface area contributed by atoms with Crippen LogP contribution in [0.1, 0.15) is 5.76 Å². The number of thioether (sulfide) groups is 1. The van der Waals surface area contributed by atoms with Crippen LogP contribution in [-0.4, -0.2) is 38.1 Å². The van der Waals surface area contributed by atoms with E-state index in [1.165, 1.54) is 23.9 Å². The predicted octanol–water partition coefficient (Wildman–Crippen LogP) is 2.60. The van der Waals surface area contributed by atoms with E-state index < -0.39 is 0 Å². The van der Waals surface area contributed by atoms with Crippen molar-refractivity contribution in [2.45, 2.75) is 18.6 Å². The Labute approximate surface area is 152 Å². The number of aromatic nitrogens is 4. The molecular formula is C16H15FN6O2S. The number of nitrogens with zero attached hydrogens (tertiary/aromatic N) is 5. The van der Waals surface area contributed by atoms with Crippen molar-refractivity contribution in [3.05, 3.63) is 41.9 Å². The third-order valence-corrected chi connectivity index (χ3v) is 4.82. The summed E-state index contributed by atoms with van der Waals surface area (Å²) < 4.78 is 20.0. The van der Waals surface area contributed by atoms with Crippen molar-refractivity contribution < 1.29 is 13.7 Å². The summed E-state index contributed by atoms with van der Waals surface area (Å²) in [5.74, 6) is 1.41. The van der Waals surface area contributed by atoms with Crippen molar-refractivity contribution in [2.24, 2.45) is 0 Å². The van der Waals surface area contributed by atoms with Gasteiger partial charge in [0.15, 0.2) is 11.0 Å². The lowest BCUT2D eigenvalue weighted by molar-refractivity contribution is -0.113. The number of aryl methyl sites for hydroxylation is 1. The Morgan fingerprint density at radius 1 is 1.31 bits per heavy atom. The van der Waals surface area contributed by atoms with Crippen molar-refractivity contribution in [1.29, 1.82) is 0 Å². The third kappa shape index (κ3) is 3.27. The van der Waals surface area contributed by atoms with Crippen LogP contribution in [0.4, 0.5) is 21.8 Å². The summed E-state index contributed by atoms with van der Waals surface area (Å²) >= 11 is 1.30. The molecule has 26 heavy (non-hydrogen) atoms. The van der Waals surface area contributed by atoms with Gasteiger partial charge in [0.1, 0.15) is 11.6 Å². The van der Waals surface area contributed by atoms with Crippen molar-refractivity contribution in [3.63, 3.8) is 0 Å². The van der Waals surface area contributed by atoms with Crippen LogP contribution in [0.25, 0.3) is 0 Å². The first kappa shape index (κ1) is 16.6. The van der Waals surface area contributed by atoms with Gasteiger partial charge in [0.05, 0.1) is 5.75 Å². The molecule has 0 bridgehead atoms. The minimum atomic E-state index is -0.279. The molecule has 0 atom stereocenters. The van der Waals surface area contributed by atoms with Crippen LogP contribution < -0.4 is 10.2 Å². The monoisotopic (exact) mass is 374 g/mol. The highest BCUT2D eigenvalue weighted by atomic mass is 32.2. The highest BCUT2D eigenvalue weighted by Crippen LogP contribution is 2.32. The molecule has 1 aliphatic heterocycles. The van der Waals surface area contributed by atoms with Crippen molar-refractivity contribution in [3.8, 4) is 0 Å². The zero-order valence-electron chi connectivity index (χ0n) is 13.8. The summed E-state index contributed by atoms with van der Waals surface area (Å²) in [6.07, 6.45) is 0. The minimum absolute atomic E-state index is 0.181. The van der Waals surface area contributed by atoms with Gasteiger partial charge in [0.2, 0.25) is 11.9 Å². The zero-order chi connectivity index (χ0) is 18.1. The van der Waals surface area contributed by atoms with E-state index in [1.807, 2.05) is 9.47 Å². The Morgan fingerprint density at radius 3 is 2.85 bits per heavy atom. The maximum absolute atomic E-state index is 13.1. The largest absolute Gasteiger partial charge is 0.360 e. The molecule has 8 nitrogen and oxygen atoms in total. The lowest BCUT2D eigenvalue weighted by Crippen LogP contribution is -2.15. The second-order valence-electron chi connectivity index (χ2n) is 5.72. The summed E-state index contributed by atoms with van der Waals surface area (Å²) in [7, 11) is 0. The van der Waals surface area contributed by atoms with E-state index in [-0.39, 0.29) is 17.5 Å². The normalized spacial score (nSPS) is 13.1. The van der Waals surface area contributed by atoms with E-state index in [0.717, 1.165) is 5.69 Å². The van der Waals surface area contributed by atoms with Gasteiger partial charge >= 0.3 is 0 Å². The molecule has 0 saturated heterocycles. The number of rotatable bonds is 5. The average molecular weight is 374 g/mol. The van der Waals surface area contributed by atoms with Gasteiger partial charge in [-0.2, -0.15) is 0 Å². The van der Waals surface area contributed by atoms with Crippen LogP contribution in [0, 0.1) is 12.7 Å². The van der Waals surface area contributed by atoms with E-state index in [0.29, 0.717) is 35.8 Å². The van der Waals surface area contributed by atoms with E-state index in [1.54, 1.807) is 25.1 Å². The number of carbonyl (C=O) groups excluding carboxylic acids is 1. The predicted molar refractivity (Wildman–Crippen MR) is 94.0 cm³/mol. The maximum atomic E-state index is 13.1. The lowest BCUT2D eigenvalue weighted by atomic mass is 10.3. The molecule has 0 radical (unpaired) electrons. The molecular weight excluding hydrogens is 359 g/mol. The van der Waals surface area contributed by atoms with Crippen molar-refractivity contribution >= 4 is 35.1 Å². The minimum Gasteiger partial charge on any atom is -0.360 e. The van der Waals surface area contributed by atoms with Crippen LogP contribution in [0.5, 0.6) is 0 Å². The highest BCUT2D eigenvalue weighted by Gasteiger charge is 2.26. The second-order valence-corrected chi connectivity index (χ2v) is 6.66. The Kier molecular flexibility index (Phi) is 4.33. The molecule has 2 aromatic heterocycles. The molecule has 134 valence electrons. The fourth-order valence-electron chi connectivity index (χ4n) is 2.68. The first-order valence-corrected chi connectivity index (χ1v) is 8.91. The maximum Gasteiger partial charge on any atom is 0.236 e. The summed E-state index contributed by atoms with van der Waals surface area (Å²) in [5.41, 5.74) is 0.855. The van der Waals surface area contributed by atoms with Gasteiger partial charge in [-0.3, -0.25) is 9.36 Å². The smallest absolute Gasteiger partial charge is 0.236 e. The van der Waals surface area contributed by atoms with E-state index in [9.17, 15) is 9.18 Å². The van der Waals surface area contributed by atoms with Crippen LogP contribution in [-0.2, 0) is 11.3 Å². The molecule has 1 N–H and O–H groups in total. The van der Waals surface area contributed by atoms with Gasteiger partial charge in [0, 0.05) is 24.8 Å². The van der Waals surface area contributed by atoms with Gasteiger partial charge < -0.3 is 14.7 Å². The van der Waals surface area contributed by atoms with Gasteiger partial charge in [-0.1, -0.05) is 16.9 Å². The second kappa shape index (κ2) is 6.79. The molecule has 4 rings (SSSR count). The number of benzene rings is 1. The lowest BCUT2D eigenvalue weighted by Gasteiger charge is -2.14. The number of hydrogen-bond acceptors (Lipinski definition) is 7. The van der Waals surface area contributed by atoms with Gasteiger partial charge in [-0.15, -0.1) is 10.2 Å². The van der Waals surface area contributed by atoms with Crippen LogP contribution in [0.2, 0.25) is 0 Å². The molecule has 1 amide bonds. The first-order valence-electron chi connectivity index (χ1n) is 7.92. The number of halogens is 1. The van der Waals surface area contributed by atoms with Gasteiger partial charge in [-0.05, 0) is 31.2 Å². The molecule has 0 saturated carbocycles. The van der Waals surface area contributed by atoms with Gasteiger partial charge in [0.25, 0.3) is 0 Å². The van der Waals surface area contributed by atoms with Crippen LogP contribution in [0.15, 0.2) is 40.0 Å². The average Bonchev–Trinajstić information content (AvgIpc) is 3.31.